The van der Waals surface area contributed by atoms with Crippen molar-refractivity contribution < 1.29 is 0 Å². The molecule has 0 radical (unpaired) electrons. The van der Waals surface area contributed by atoms with Crippen LogP contribution in [0.3, 0.4) is 0 Å². The number of fused-ring (bicyclic) bond motifs is 1. The third-order valence-electron chi connectivity index (χ3n) is 3.67. The van der Waals surface area contributed by atoms with Crippen LogP contribution in [0, 0.1) is 13.8 Å². The molecule has 0 bridgehead atoms. The zero-order valence-corrected chi connectivity index (χ0v) is 10.6. The van der Waals surface area contributed by atoms with Crippen molar-refractivity contribution in [3.63, 3.8) is 0 Å². The molecule has 1 heterocycles. The molecule has 0 amide bonds. The number of nitrogens with zero attached hydrogens (tertiary/aromatic N) is 1. The summed E-state index contributed by atoms with van der Waals surface area (Å²) in [6, 6.07) is 5.23. The smallest absolute Gasteiger partial charge is 0.0428 e. The van der Waals surface area contributed by atoms with Gasteiger partial charge in [-0.3, -0.25) is 0 Å². The molecule has 0 aromatic heterocycles. The van der Waals surface area contributed by atoms with Crippen molar-refractivity contribution in [3.05, 3.63) is 28.8 Å². The highest BCUT2D eigenvalue weighted by molar-refractivity contribution is 5.62. The lowest BCUT2D eigenvalue weighted by Gasteiger charge is -2.37. The SMILES string of the molecule is Cc1cc(C)c2c(c1)CCC(CCN)N2C. The Kier molecular flexibility index (Phi) is 3.20. The van der Waals surface area contributed by atoms with Crippen LogP contribution in [-0.4, -0.2) is 19.6 Å². The van der Waals surface area contributed by atoms with E-state index in [-0.39, 0.29) is 0 Å². The van der Waals surface area contributed by atoms with Crippen molar-refractivity contribution >= 4 is 5.69 Å². The van der Waals surface area contributed by atoms with Gasteiger partial charge in [-0.25, -0.2) is 0 Å². The molecule has 0 saturated heterocycles. The molecule has 1 aliphatic heterocycles. The Labute approximate surface area is 98.4 Å². The maximum absolute atomic E-state index is 5.68. The van der Waals surface area contributed by atoms with Crippen molar-refractivity contribution in [1.29, 1.82) is 0 Å². The Morgan fingerprint density at radius 1 is 1.38 bits per heavy atom. The predicted octanol–water partition coefficient (Wildman–Crippen LogP) is 2.40. The van der Waals surface area contributed by atoms with Crippen LogP contribution in [0.2, 0.25) is 0 Å². The van der Waals surface area contributed by atoms with E-state index in [1.54, 1.807) is 0 Å². The van der Waals surface area contributed by atoms with Crippen molar-refractivity contribution in [2.45, 2.75) is 39.2 Å². The molecule has 2 N–H and O–H groups in total. The Morgan fingerprint density at radius 2 is 2.12 bits per heavy atom. The highest BCUT2D eigenvalue weighted by Crippen LogP contribution is 2.34. The minimum Gasteiger partial charge on any atom is -0.371 e. The largest absolute Gasteiger partial charge is 0.371 e. The van der Waals surface area contributed by atoms with Gasteiger partial charge in [0.2, 0.25) is 0 Å². The van der Waals surface area contributed by atoms with Crippen LogP contribution in [0.15, 0.2) is 12.1 Å². The van der Waals surface area contributed by atoms with Crippen LogP contribution in [0.5, 0.6) is 0 Å². The molecule has 1 unspecified atom stereocenters. The van der Waals surface area contributed by atoms with Crippen LogP contribution in [-0.2, 0) is 6.42 Å². The molecule has 0 aliphatic carbocycles. The van der Waals surface area contributed by atoms with E-state index >= 15 is 0 Å². The third kappa shape index (κ3) is 1.94. The molecule has 0 spiro atoms. The molecule has 16 heavy (non-hydrogen) atoms. The van der Waals surface area contributed by atoms with E-state index in [1.165, 1.54) is 35.2 Å². The summed E-state index contributed by atoms with van der Waals surface area (Å²) in [5, 5.41) is 0. The van der Waals surface area contributed by atoms with Gasteiger partial charge in [-0.1, -0.05) is 17.7 Å². The summed E-state index contributed by atoms with van der Waals surface area (Å²) in [5.41, 5.74) is 11.4. The van der Waals surface area contributed by atoms with Crippen LogP contribution in [0.25, 0.3) is 0 Å². The van der Waals surface area contributed by atoms with Gasteiger partial charge in [-0.05, 0) is 50.8 Å². The summed E-state index contributed by atoms with van der Waals surface area (Å²) in [5.74, 6) is 0. The van der Waals surface area contributed by atoms with Gasteiger partial charge in [0, 0.05) is 18.8 Å². The Morgan fingerprint density at radius 3 is 2.81 bits per heavy atom. The zero-order valence-electron chi connectivity index (χ0n) is 10.6. The fourth-order valence-corrected chi connectivity index (χ4v) is 2.97. The van der Waals surface area contributed by atoms with E-state index in [4.69, 9.17) is 5.73 Å². The Bertz CT molecular complexity index is 385. The molecule has 0 saturated carbocycles. The third-order valence-corrected chi connectivity index (χ3v) is 3.67. The van der Waals surface area contributed by atoms with Gasteiger partial charge in [-0.2, -0.15) is 0 Å². The Balaban J connectivity index is 2.36. The van der Waals surface area contributed by atoms with Crippen molar-refractivity contribution in [2.24, 2.45) is 5.73 Å². The first kappa shape index (κ1) is 11.5. The molecule has 0 fully saturated rings. The summed E-state index contributed by atoms with van der Waals surface area (Å²) < 4.78 is 0. The van der Waals surface area contributed by atoms with E-state index in [0.29, 0.717) is 6.04 Å². The monoisotopic (exact) mass is 218 g/mol. The van der Waals surface area contributed by atoms with Gasteiger partial charge in [-0.15, -0.1) is 0 Å². The molecule has 1 aromatic rings. The van der Waals surface area contributed by atoms with Crippen LogP contribution in [0.1, 0.15) is 29.5 Å². The number of hydrogen-bond donors (Lipinski definition) is 1. The minimum absolute atomic E-state index is 0.624. The molecule has 2 nitrogen and oxygen atoms in total. The molecule has 1 aromatic carbocycles. The summed E-state index contributed by atoms with van der Waals surface area (Å²) in [4.78, 5) is 2.43. The fourth-order valence-electron chi connectivity index (χ4n) is 2.97. The lowest BCUT2D eigenvalue weighted by Crippen LogP contribution is -2.38. The highest BCUT2D eigenvalue weighted by atomic mass is 15.1. The van der Waals surface area contributed by atoms with Crippen molar-refractivity contribution in [2.75, 3.05) is 18.5 Å². The first-order chi connectivity index (χ1) is 7.63. The maximum atomic E-state index is 5.68. The van der Waals surface area contributed by atoms with E-state index in [2.05, 4.69) is 37.9 Å². The van der Waals surface area contributed by atoms with Crippen molar-refractivity contribution in [1.82, 2.24) is 0 Å². The van der Waals surface area contributed by atoms with E-state index in [0.717, 1.165) is 13.0 Å². The molecule has 2 heteroatoms. The zero-order chi connectivity index (χ0) is 11.7. The van der Waals surface area contributed by atoms with Gasteiger partial charge in [0.05, 0.1) is 0 Å². The summed E-state index contributed by atoms with van der Waals surface area (Å²) in [6.45, 7) is 5.18. The lowest BCUT2D eigenvalue weighted by molar-refractivity contribution is 0.526. The van der Waals surface area contributed by atoms with Crippen LogP contribution >= 0.6 is 0 Å². The number of nitrogens with two attached hydrogens (primary N) is 1. The Hall–Kier alpha value is -1.02. The summed E-state index contributed by atoms with van der Waals surface area (Å²) in [6.07, 6.45) is 3.54. The average Bonchev–Trinajstić information content (AvgIpc) is 2.21. The molecule has 2 rings (SSSR count). The number of aryl methyl sites for hydroxylation is 3. The van der Waals surface area contributed by atoms with E-state index in [9.17, 15) is 0 Å². The first-order valence-corrected chi connectivity index (χ1v) is 6.16. The number of benzene rings is 1. The normalized spacial score (nSPS) is 19.8. The lowest BCUT2D eigenvalue weighted by atomic mass is 9.91. The second kappa shape index (κ2) is 4.46. The average molecular weight is 218 g/mol. The molecular weight excluding hydrogens is 196 g/mol. The highest BCUT2D eigenvalue weighted by Gasteiger charge is 2.24. The second-order valence-electron chi connectivity index (χ2n) is 4.97. The van der Waals surface area contributed by atoms with Crippen LogP contribution in [0.4, 0.5) is 5.69 Å². The van der Waals surface area contributed by atoms with Crippen LogP contribution < -0.4 is 10.6 Å². The number of hydrogen-bond acceptors (Lipinski definition) is 2. The van der Waals surface area contributed by atoms with Gasteiger partial charge in [0.15, 0.2) is 0 Å². The summed E-state index contributed by atoms with van der Waals surface area (Å²) in [7, 11) is 2.21. The van der Waals surface area contributed by atoms with Gasteiger partial charge < -0.3 is 10.6 Å². The maximum Gasteiger partial charge on any atom is 0.0428 e. The van der Waals surface area contributed by atoms with E-state index in [1.807, 2.05) is 0 Å². The molecule has 1 aliphatic rings. The molecule has 1 atom stereocenters. The number of anilines is 1. The van der Waals surface area contributed by atoms with E-state index < -0.39 is 0 Å². The molecule has 88 valence electrons. The topological polar surface area (TPSA) is 29.3 Å². The standard InChI is InChI=1S/C14H22N2/c1-10-8-11(2)14-12(9-10)4-5-13(6-7-15)16(14)3/h8-9,13H,4-7,15H2,1-3H3. The van der Waals surface area contributed by atoms with Gasteiger partial charge in [0.25, 0.3) is 0 Å². The number of rotatable bonds is 2. The fraction of sp³-hybridized carbons (Fsp3) is 0.571. The minimum atomic E-state index is 0.624. The van der Waals surface area contributed by atoms with Gasteiger partial charge >= 0.3 is 0 Å². The molecular formula is C14H22N2. The summed E-state index contributed by atoms with van der Waals surface area (Å²) >= 11 is 0. The second-order valence-corrected chi connectivity index (χ2v) is 4.97. The quantitative estimate of drug-likeness (QED) is 0.826. The predicted molar refractivity (Wildman–Crippen MR) is 70.1 cm³/mol. The first-order valence-electron chi connectivity index (χ1n) is 6.16. The van der Waals surface area contributed by atoms with Crippen molar-refractivity contribution in [3.8, 4) is 0 Å². The van der Waals surface area contributed by atoms with Gasteiger partial charge in [0.1, 0.15) is 0 Å².